The zero-order valence-electron chi connectivity index (χ0n) is 11.8. The van der Waals surface area contributed by atoms with E-state index in [0.717, 1.165) is 36.8 Å². The van der Waals surface area contributed by atoms with E-state index in [4.69, 9.17) is 0 Å². The van der Waals surface area contributed by atoms with Crippen molar-refractivity contribution in [2.45, 2.75) is 38.4 Å². The van der Waals surface area contributed by atoms with Crippen LogP contribution in [-0.4, -0.2) is 23.9 Å². The summed E-state index contributed by atoms with van der Waals surface area (Å²) in [4.78, 5) is 14.4. The molecule has 0 aromatic heterocycles. The Labute approximate surface area is 124 Å². The molecule has 0 N–H and O–H groups in total. The fourth-order valence-electron chi connectivity index (χ4n) is 2.52. The summed E-state index contributed by atoms with van der Waals surface area (Å²) in [5, 5.41) is 0.833. The molecule has 1 amide bonds. The molecule has 1 aromatic carbocycles. The predicted octanol–water partition coefficient (Wildman–Crippen LogP) is 4.23. The molecule has 1 aliphatic heterocycles. The van der Waals surface area contributed by atoms with Crippen LogP contribution in [0.25, 0.3) is 0 Å². The van der Waals surface area contributed by atoms with Gasteiger partial charge in [0.15, 0.2) is 0 Å². The lowest BCUT2D eigenvalue weighted by molar-refractivity contribution is 0.0600. The molecule has 1 heterocycles. The highest BCUT2D eigenvalue weighted by atomic mass is 79.9. The maximum atomic E-state index is 12.4. The van der Waals surface area contributed by atoms with Gasteiger partial charge in [-0.25, -0.2) is 0 Å². The van der Waals surface area contributed by atoms with Crippen LogP contribution in [0, 0.1) is 5.41 Å². The number of rotatable bonds is 3. The van der Waals surface area contributed by atoms with Gasteiger partial charge in [0.1, 0.15) is 0 Å². The van der Waals surface area contributed by atoms with E-state index in [-0.39, 0.29) is 5.91 Å². The minimum Gasteiger partial charge on any atom is -0.339 e. The number of benzene rings is 1. The van der Waals surface area contributed by atoms with Gasteiger partial charge >= 0.3 is 0 Å². The lowest BCUT2D eigenvalue weighted by Gasteiger charge is -2.39. The van der Waals surface area contributed by atoms with Crippen LogP contribution in [0.2, 0.25) is 0 Å². The third kappa shape index (κ3) is 3.38. The van der Waals surface area contributed by atoms with Crippen molar-refractivity contribution < 1.29 is 4.79 Å². The topological polar surface area (TPSA) is 20.3 Å². The van der Waals surface area contributed by atoms with Gasteiger partial charge < -0.3 is 4.90 Å². The quantitative estimate of drug-likeness (QED) is 0.762. The molecule has 19 heavy (non-hydrogen) atoms. The summed E-state index contributed by atoms with van der Waals surface area (Å²) in [7, 11) is 0. The number of likely N-dealkylation sites (tertiary alicyclic amines) is 1. The van der Waals surface area contributed by atoms with E-state index in [9.17, 15) is 4.79 Å². The van der Waals surface area contributed by atoms with Crippen LogP contribution in [0.5, 0.6) is 0 Å². The van der Waals surface area contributed by atoms with Crippen LogP contribution >= 0.6 is 15.9 Å². The Morgan fingerprint density at radius 2 is 1.84 bits per heavy atom. The highest BCUT2D eigenvalue weighted by Crippen LogP contribution is 2.34. The number of amides is 1. The molecular formula is C16H22BrNO. The molecule has 1 aliphatic rings. The van der Waals surface area contributed by atoms with E-state index < -0.39 is 0 Å². The monoisotopic (exact) mass is 323 g/mol. The first kappa shape index (κ1) is 14.6. The Hall–Kier alpha value is -0.830. The smallest absolute Gasteiger partial charge is 0.253 e. The first-order valence-corrected chi connectivity index (χ1v) is 8.14. The summed E-state index contributed by atoms with van der Waals surface area (Å²) in [5.74, 6) is 0.180. The Balaban J connectivity index is 2.00. The second-order valence-electron chi connectivity index (χ2n) is 5.79. The third-order valence-corrected chi connectivity index (χ3v) is 5.11. The molecule has 3 heteroatoms. The minimum absolute atomic E-state index is 0.180. The zero-order valence-corrected chi connectivity index (χ0v) is 13.4. The van der Waals surface area contributed by atoms with Gasteiger partial charge in [0, 0.05) is 24.0 Å². The van der Waals surface area contributed by atoms with Gasteiger partial charge in [-0.05, 0) is 36.0 Å². The van der Waals surface area contributed by atoms with Gasteiger partial charge in [-0.15, -0.1) is 0 Å². The van der Waals surface area contributed by atoms with Crippen LogP contribution in [0.1, 0.15) is 49.0 Å². The number of carbonyl (C=O) groups excluding carboxylic acids is 1. The number of alkyl halides is 1. The van der Waals surface area contributed by atoms with Crippen LogP contribution in [0.4, 0.5) is 0 Å². The fraction of sp³-hybridized carbons (Fsp3) is 0.562. The molecule has 104 valence electrons. The number of piperidine rings is 1. The van der Waals surface area contributed by atoms with Gasteiger partial charge in [-0.3, -0.25) is 4.79 Å². The van der Waals surface area contributed by atoms with Crippen molar-refractivity contribution in [3.05, 3.63) is 35.4 Å². The van der Waals surface area contributed by atoms with E-state index in [2.05, 4.69) is 29.8 Å². The maximum Gasteiger partial charge on any atom is 0.253 e. The normalized spacial score (nSPS) is 18.4. The highest BCUT2D eigenvalue weighted by Gasteiger charge is 2.30. The van der Waals surface area contributed by atoms with E-state index in [1.807, 2.05) is 29.2 Å². The van der Waals surface area contributed by atoms with Crippen molar-refractivity contribution in [3.63, 3.8) is 0 Å². The van der Waals surface area contributed by atoms with Gasteiger partial charge in [0.2, 0.25) is 0 Å². The van der Waals surface area contributed by atoms with Crippen LogP contribution in [0.3, 0.4) is 0 Å². The summed E-state index contributed by atoms with van der Waals surface area (Å²) >= 11 is 3.42. The van der Waals surface area contributed by atoms with Crippen molar-refractivity contribution in [2.24, 2.45) is 5.41 Å². The van der Waals surface area contributed by atoms with Crippen molar-refractivity contribution in [2.75, 3.05) is 13.1 Å². The van der Waals surface area contributed by atoms with Crippen molar-refractivity contribution >= 4 is 21.8 Å². The molecule has 0 radical (unpaired) electrons. The molecule has 0 spiro atoms. The summed E-state index contributed by atoms with van der Waals surface area (Å²) in [5.41, 5.74) is 2.44. The van der Waals surface area contributed by atoms with Crippen LogP contribution in [-0.2, 0) is 5.33 Å². The van der Waals surface area contributed by atoms with Crippen LogP contribution in [0.15, 0.2) is 24.3 Å². The van der Waals surface area contributed by atoms with Crippen molar-refractivity contribution in [1.29, 1.82) is 0 Å². The molecule has 2 nitrogen and oxygen atoms in total. The largest absolute Gasteiger partial charge is 0.339 e. The molecule has 0 atom stereocenters. The molecule has 2 rings (SSSR count). The standard InChI is InChI=1S/C16H22BrNO/c1-3-16(2)8-10-18(11-9-16)15(19)14-6-4-13(12-17)5-7-14/h4-7H,3,8-12H2,1-2H3. The van der Waals surface area contributed by atoms with Gasteiger partial charge in [-0.2, -0.15) is 0 Å². The zero-order chi connectivity index (χ0) is 13.9. The SMILES string of the molecule is CCC1(C)CCN(C(=O)c2ccc(CBr)cc2)CC1. The molecule has 0 saturated carbocycles. The first-order valence-electron chi connectivity index (χ1n) is 7.02. The molecule has 0 bridgehead atoms. The summed E-state index contributed by atoms with van der Waals surface area (Å²) in [6.07, 6.45) is 3.44. The third-order valence-electron chi connectivity index (χ3n) is 4.47. The van der Waals surface area contributed by atoms with E-state index in [1.165, 1.54) is 12.0 Å². The maximum absolute atomic E-state index is 12.4. The Morgan fingerprint density at radius 1 is 1.26 bits per heavy atom. The Bertz CT molecular complexity index is 433. The minimum atomic E-state index is 0.180. The number of nitrogens with zero attached hydrogens (tertiary/aromatic N) is 1. The Morgan fingerprint density at radius 3 is 2.32 bits per heavy atom. The lowest BCUT2D eigenvalue weighted by Crippen LogP contribution is -2.41. The predicted molar refractivity (Wildman–Crippen MR) is 82.6 cm³/mol. The van der Waals surface area contributed by atoms with E-state index in [1.54, 1.807) is 0 Å². The lowest BCUT2D eigenvalue weighted by atomic mass is 9.78. The van der Waals surface area contributed by atoms with Crippen molar-refractivity contribution in [3.8, 4) is 0 Å². The molecule has 1 saturated heterocycles. The molecule has 0 aliphatic carbocycles. The van der Waals surface area contributed by atoms with Gasteiger partial charge in [0.25, 0.3) is 5.91 Å². The first-order chi connectivity index (χ1) is 9.08. The van der Waals surface area contributed by atoms with Crippen molar-refractivity contribution in [1.82, 2.24) is 4.90 Å². The molecule has 1 aromatic rings. The van der Waals surface area contributed by atoms with E-state index >= 15 is 0 Å². The summed E-state index contributed by atoms with van der Waals surface area (Å²) in [6, 6.07) is 7.91. The molecular weight excluding hydrogens is 302 g/mol. The number of hydrogen-bond donors (Lipinski definition) is 0. The second kappa shape index (κ2) is 6.08. The molecule has 1 fully saturated rings. The fourth-order valence-corrected chi connectivity index (χ4v) is 2.90. The number of hydrogen-bond acceptors (Lipinski definition) is 1. The summed E-state index contributed by atoms with van der Waals surface area (Å²) in [6.45, 7) is 6.36. The average molecular weight is 324 g/mol. The van der Waals surface area contributed by atoms with Gasteiger partial charge in [0.05, 0.1) is 0 Å². The summed E-state index contributed by atoms with van der Waals surface area (Å²) < 4.78 is 0. The highest BCUT2D eigenvalue weighted by molar-refractivity contribution is 9.08. The molecule has 0 unspecified atom stereocenters. The van der Waals surface area contributed by atoms with E-state index in [0.29, 0.717) is 5.41 Å². The number of halogens is 1. The Kier molecular flexibility index (Phi) is 4.67. The van der Waals surface area contributed by atoms with Gasteiger partial charge in [-0.1, -0.05) is 48.3 Å². The van der Waals surface area contributed by atoms with Crippen LogP contribution < -0.4 is 0 Å². The average Bonchev–Trinajstić information content (AvgIpc) is 2.47. The number of carbonyl (C=O) groups is 1. The second-order valence-corrected chi connectivity index (χ2v) is 6.35.